The molecule has 2 aliphatic rings. The normalized spacial score (nSPS) is 28.8. The Labute approximate surface area is 147 Å². The Bertz CT molecular complexity index is 669. The molecular weight excluding hydrogens is 348 g/mol. The molecule has 0 radical (unpaired) electrons. The second kappa shape index (κ2) is 7.09. The van der Waals surface area contributed by atoms with Crippen molar-refractivity contribution in [2.24, 2.45) is 0 Å². The van der Waals surface area contributed by atoms with E-state index in [1.807, 2.05) is 17.5 Å². The molecule has 134 valence electrons. The number of hydrogen-bond acceptors (Lipinski definition) is 5. The number of nitrogens with one attached hydrogen (secondary N) is 1. The highest BCUT2D eigenvalue weighted by molar-refractivity contribution is 7.87. The smallest absolute Gasteiger partial charge is 0.280 e. The number of thiophene rings is 1. The molecule has 0 unspecified atom stereocenters. The Morgan fingerprint density at radius 3 is 2.62 bits per heavy atom. The van der Waals surface area contributed by atoms with Crippen LogP contribution >= 0.6 is 11.3 Å². The highest BCUT2D eigenvalue weighted by Gasteiger charge is 2.42. The Morgan fingerprint density at radius 2 is 2.04 bits per heavy atom. The molecule has 3 heterocycles. The van der Waals surface area contributed by atoms with Crippen molar-refractivity contribution in [3.63, 3.8) is 0 Å². The van der Waals surface area contributed by atoms with E-state index in [1.54, 1.807) is 4.90 Å². The lowest BCUT2D eigenvalue weighted by molar-refractivity contribution is -0.137. The summed E-state index contributed by atoms with van der Waals surface area (Å²) in [5.41, 5.74) is 0. The molecule has 9 heteroatoms. The van der Waals surface area contributed by atoms with Crippen LogP contribution in [-0.2, 0) is 15.0 Å². The van der Waals surface area contributed by atoms with Crippen LogP contribution in [0.25, 0.3) is 0 Å². The third-order valence-electron chi connectivity index (χ3n) is 4.87. The minimum absolute atomic E-state index is 0.0834. The topological polar surface area (TPSA) is 73.0 Å². The summed E-state index contributed by atoms with van der Waals surface area (Å²) in [5.74, 6) is -0.0834. The maximum Gasteiger partial charge on any atom is 0.280 e. The Morgan fingerprint density at radius 1 is 1.33 bits per heavy atom. The van der Waals surface area contributed by atoms with Gasteiger partial charge in [-0.3, -0.25) is 4.79 Å². The van der Waals surface area contributed by atoms with Gasteiger partial charge in [-0.1, -0.05) is 13.0 Å². The number of nitrogens with zero attached hydrogens (tertiary/aromatic N) is 3. The maximum atomic E-state index is 12.9. The van der Waals surface area contributed by atoms with Crippen molar-refractivity contribution >= 4 is 27.5 Å². The number of amides is 1. The molecule has 7 nitrogen and oxygen atoms in total. The van der Waals surface area contributed by atoms with E-state index in [9.17, 15) is 13.2 Å². The summed E-state index contributed by atoms with van der Waals surface area (Å²) in [6.45, 7) is 6.10. The van der Waals surface area contributed by atoms with Crippen LogP contribution in [0.5, 0.6) is 0 Å². The van der Waals surface area contributed by atoms with Gasteiger partial charge in [0.15, 0.2) is 0 Å². The van der Waals surface area contributed by atoms with Gasteiger partial charge < -0.3 is 9.80 Å². The van der Waals surface area contributed by atoms with Gasteiger partial charge in [0.05, 0.1) is 6.04 Å². The first-order valence-corrected chi connectivity index (χ1v) is 10.5. The van der Waals surface area contributed by atoms with E-state index >= 15 is 0 Å². The molecule has 1 amide bonds. The fourth-order valence-electron chi connectivity index (χ4n) is 3.27. The zero-order valence-electron chi connectivity index (χ0n) is 14.0. The van der Waals surface area contributed by atoms with Gasteiger partial charge in [0.1, 0.15) is 6.04 Å². The lowest BCUT2D eigenvalue weighted by Gasteiger charge is -2.40. The van der Waals surface area contributed by atoms with Crippen LogP contribution in [0.4, 0.5) is 0 Å². The molecule has 0 spiro atoms. The highest BCUT2D eigenvalue weighted by atomic mass is 32.2. The van der Waals surface area contributed by atoms with E-state index in [0.29, 0.717) is 19.5 Å². The zero-order chi connectivity index (χ0) is 17.3. The largest absolute Gasteiger partial charge is 0.339 e. The van der Waals surface area contributed by atoms with Crippen molar-refractivity contribution in [1.29, 1.82) is 0 Å². The van der Waals surface area contributed by atoms with Crippen molar-refractivity contribution in [3.05, 3.63) is 22.4 Å². The first kappa shape index (κ1) is 17.8. The number of carbonyl (C=O) groups excluding carboxylic acids is 1. The maximum absolute atomic E-state index is 12.9. The van der Waals surface area contributed by atoms with Crippen molar-refractivity contribution in [3.8, 4) is 0 Å². The van der Waals surface area contributed by atoms with Crippen molar-refractivity contribution in [1.82, 2.24) is 18.8 Å². The molecule has 2 aliphatic heterocycles. The summed E-state index contributed by atoms with van der Waals surface area (Å²) >= 11 is 1.51. The van der Waals surface area contributed by atoms with Crippen LogP contribution in [0.1, 0.15) is 24.3 Å². The number of hydrogen-bond donors (Lipinski definition) is 1. The first-order chi connectivity index (χ1) is 11.4. The third kappa shape index (κ3) is 3.50. The standard InChI is InChI=1S/C15H24N4O3S2/c1-3-18-6-8-19(9-7-18)15(20)13-11-12(14-5-4-10-23-14)16-24(21,22)17(13)2/h4-5,10,12-13,16H,3,6-9,11H2,1-2H3/t12-,13-/m0/s1. The second-order valence-corrected chi connectivity index (χ2v) is 8.96. The van der Waals surface area contributed by atoms with Gasteiger partial charge in [0.2, 0.25) is 5.91 Å². The van der Waals surface area contributed by atoms with Crippen LogP contribution in [0, 0.1) is 0 Å². The van der Waals surface area contributed by atoms with Gasteiger partial charge in [0, 0.05) is 38.1 Å². The zero-order valence-corrected chi connectivity index (χ0v) is 15.6. The molecule has 0 aliphatic carbocycles. The van der Waals surface area contributed by atoms with Crippen LogP contribution in [0.15, 0.2) is 17.5 Å². The molecule has 1 aromatic rings. The Kier molecular flexibility index (Phi) is 5.26. The van der Waals surface area contributed by atoms with Gasteiger partial charge in [-0.15, -0.1) is 11.3 Å². The molecule has 0 saturated carbocycles. The third-order valence-corrected chi connectivity index (χ3v) is 7.45. The fourth-order valence-corrected chi connectivity index (χ4v) is 5.39. The fraction of sp³-hybridized carbons (Fsp3) is 0.667. The number of carbonyl (C=O) groups is 1. The van der Waals surface area contributed by atoms with E-state index in [2.05, 4.69) is 16.5 Å². The second-order valence-electron chi connectivity index (χ2n) is 6.22. The molecule has 1 N–H and O–H groups in total. The van der Waals surface area contributed by atoms with E-state index in [1.165, 1.54) is 22.7 Å². The average molecular weight is 373 g/mol. The molecular formula is C15H24N4O3S2. The minimum Gasteiger partial charge on any atom is -0.339 e. The summed E-state index contributed by atoms with van der Waals surface area (Å²) < 4.78 is 28.7. The molecule has 24 heavy (non-hydrogen) atoms. The Balaban J connectivity index is 1.76. The average Bonchev–Trinajstić information content (AvgIpc) is 3.11. The first-order valence-electron chi connectivity index (χ1n) is 8.22. The van der Waals surface area contributed by atoms with E-state index < -0.39 is 16.3 Å². The molecule has 2 fully saturated rings. The minimum atomic E-state index is -3.65. The van der Waals surface area contributed by atoms with Crippen LogP contribution < -0.4 is 4.72 Å². The lowest BCUT2D eigenvalue weighted by atomic mass is 10.0. The van der Waals surface area contributed by atoms with Crippen LogP contribution in [0.3, 0.4) is 0 Å². The van der Waals surface area contributed by atoms with E-state index in [4.69, 9.17) is 0 Å². The van der Waals surface area contributed by atoms with Crippen molar-refractivity contribution in [2.45, 2.75) is 25.4 Å². The summed E-state index contributed by atoms with van der Waals surface area (Å²) in [5, 5.41) is 1.92. The lowest BCUT2D eigenvalue weighted by Crippen LogP contribution is -2.60. The van der Waals surface area contributed by atoms with Crippen molar-refractivity contribution < 1.29 is 13.2 Å². The highest BCUT2D eigenvalue weighted by Crippen LogP contribution is 2.31. The number of piperazine rings is 1. The predicted molar refractivity (Wildman–Crippen MR) is 94.0 cm³/mol. The number of likely N-dealkylation sites (N-methyl/N-ethyl adjacent to an activating group) is 2. The molecule has 0 aromatic carbocycles. The molecule has 2 atom stereocenters. The van der Waals surface area contributed by atoms with E-state index in [0.717, 1.165) is 24.5 Å². The van der Waals surface area contributed by atoms with Crippen LogP contribution in [0.2, 0.25) is 0 Å². The van der Waals surface area contributed by atoms with Gasteiger partial charge >= 0.3 is 0 Å². The van der Waals surface area contributed by atoms with E-state index in [-0.39, 0.29) is 11.9 Å². The molecule has 1 aromatic heterocycles. The molecule has 3 rings (SSSR count). The molecule has 2 saturated heterocycles. The summed E-state index contributed by atoms with van der Waals surface area (Å²) in [7, 11) is -2.17. The monoisotopic (exact) mass is 372 g/mol. The SMILES string of the molecule is CCN1CCN(C(=O)[C@@H]2C[C@@H](c3cccs3)NS(=O)(=O)N2C)CC1. The predicted octanol–water partition coefficient (Wildman–Crippen LogP) is 0.492. The summed E-state index contributed by atoms with van der Waals surface area (Å²) in [6, 6.07) is 2.83. The quantitative estimate of drug-likeness (QED) is 0.838. The van der Waals surface area contributed by atoms with Gasteiger partial charge in [-0.2, -0.15) is 17.4 Å². The van der Waals surface area contributed by atoms with Gasteiger partial charge in [-0.25, -0.2) is 0 Å². The Hall–Kier alpha value is -1.00. The van der Waals surface area contributed by atoms with Crippen LogP contribution in [-0.4, -0.2) is 74.2 Å². The molecule has 0 bridgehead atoms. The van der Waals surface area contributed by atoms with Gasteiger partial charge in [0.25, 0.3) is 10.2 Å². The van der Waals surface area contributed by atoms with Gasteiger partial charge in [-0.05, 0) is 24.4 Å². The summed E-state index contributed by atoms with van der Waals surface area (Å²) in [4.78, 5) is 18.0. The summed E-state index contributed by atoms with van der Waals surface area (Å²) in [6.07, 6.45) is 0.461. The number of rotatable bonds is 3. The van der Waals surface area contributed by atoms with Crippen molar-refractivity contribution in [2.75, 3.05) is 39.8 Å².